The van der Waals surface area contributed by atoms with Crippen LogP contribution in [0.3, 0.4) is 0 Å². The van der Waals surface area contributed by atoms with Crippen LogP contribution in [0.1, 0.15) is 35.5 Å². The van der Waals surface area contributed by atoms with Crippen molar-refractivity contribution in [2.24, 2.45) is 0 Å². The molecule has 1 aromatic carbocycles. The molecule has 2 amide bonds. The van der Waals surface area contributed by atoms with Crippen LogP contribution in [-0.4, -0.2) is 27.4 Å². The number of urea groups is 1. The van der Waals surface area contributed by atoms with Gasteiger partial charge in [0.05, 0.1) is 16.9 Å². The van der Waals surface area contributed by atoms with Crippen molar-refractivity contribution in [2.45, 2.75) is 33.4 Å². The summed E-state index contributed by atoms with van der Waals surface area (Å²) in [5, 5.41) is 5.34. The molecule has 8 heteroatoms. The zero-order chi connectivity index (χ0) is 21.0. The van der Waals surface area contributed by atoms with Gasteiger partial charge in [0.1, 0.15) is 12.3 Å². The second kappa shape index (κ2) is 8.55. The predicted octanol–water partition coefficient (Wildman–Crippen LogP) is 2.89. The van der Waals surface area contributed by atoms with Gasteiger partial charge in [-0.05, 0) is 44.5 Å². The van der Waals surface area contributed by atoms with Crippen LogP contribution in [-0.2, 0) is 11.3 Å². The van der Waals surface area contributed by atoms with Gasteiger partial charge in [-0.3, -0.25) is 9.20 Å². The monoisotopic (exact) mass is 394 g/mol. The van der Waals surface area contributed by atoms with E-state index in [4.69, 9.17) is 4.74 Å². The molecular formula is C21H22N4O4. The van der Waals surface area contributed by atoms with Gasteiger partial charge in [0.15, 0.2) is 0 Å². The molecule has 29 heavy (non-hydrogen) atoms. The summed E-state index contributed by atoms with van der Waals surface area (Å²) in [5.41, 5.74) is 1.98. The number of fused-ring (bicyclic) bond motifs is 1. The van der Waals surface area contributed by atoms with Crippen molar-refractivity contribution in [3.05, 3.63) is 75.8 Å². The lowest BCUT2D eigenvalue weighted by molar-refractivity contribution is 0.0469. The van der Waals surface area contributed by atoms with Crippen LogP contribution in [0.2, 0.25) is 0 Å². The topological polar surface area (TPSA) is 102 Å². The molecule has 2 aromatic heterocycles. The van der Waals surface area contributed by atoms with Gasteiger partial charge in [0.25, 0.3) is 5.56 Å². The molecule has 0 aliphatic rings. The number of amides is 2. The predicted molar refractivity (Wildman–Crippen MR) is 109 cm³/mol. The molecule has 0 unspecified atom stereocenters. The van der Waals surface area contributed by atoms with Crippen LogP contribution in [0.15, 0.2) is 53.5 Å². The molecule has 0 atom stereocenters. The van der Waals surface area contributed by atoms with Crippen LogP contribution in [0, 0.1) is 6.92 Å². The van der Waals surface area contributed by atoms with Crippen molar-refractivity contribution < 1.29 is 14.3 Å². The van der Waals surface area contributed by atoms with Gasteiger partial charge >= 0.3 is 12.0 Å². The van der Waals surface area contributed by atoms with E-state index in [9.17, 15) is 14.4 Å². The number of rotatable bonds is 5. The molecule has 0 saturated carbocycles. The summed E-state index contributed by atoms with van der Waals surface area (Å²) in [6.07, 6.45) is 1.64. The fourth-order valence-electron chi connectivity index (χ4n) is 2.79. The largest absolute Gasteiger partial charge is 0.456 e. The summed E-state index contributed by atoms with van der Waals surface area (Å²) in [6, 6.07) is 11.0. The second-order valence-corrected chi connectivity index (χ2v) is 6.85. The van der Waals surface area contributed by atoms with Gasteiger partial charge < -0.3 is 15.4 Å². The molecule has 150 valence electrons. The number of esters is 1. The van der Waals surface area contributed by atoms with Crippen LogP contribution in [0.4, 0.5) is 10.5 Å². The number of carbonyl (C=O) groups is 2. The summed E-state index contributed by atoms with van der Waals surface area (Å²) >= 11 is 0. The maximum absolute atomic E-state index is 12.6. The summed E-state index contributed by atoms with van der Waals surface area (Å²) < 4.78 is 6.78. The number of para-hydroxylation sites is 1. The van der Waals surface area contributed by atoms with Crippen LogP contribution < -0.4 is 16.2 Å². The Morgan fingerprint density at radius 2 is 1.93 bits per heavy atom. The van der Waals surface area contributed by atoms with Crippen molar-refractivity contribution in [1.82, 2.24) is 14.7 Å². The first-order chi connectivity index (χ1) is 13.8. The third kappa shape index (κ3) is 4.78. The molecule has 0 fully saturated rings. The minimum Gasteiger partial charge on any atom is -0.456 e. The summed E-state index contributed by atoms with van der Waals surface area (Å²) in [6.45, 7) is 5.36. The van der Waals surface area contributed by atoms with Crippen molar-refractivity contribution >= 4 is 23.3 Å². The molecule has 0 radical (unpaired) electrons. The van der Waals surface area contributed by atoms with Gasteiger partial charge in [-0.1, -0.05) is 18.2 Å². The standard InChI is InChI=1S/C21H22N4O4/c1-13(2)22-21(28)24-17-9-5-4-8-16(17)20(27)29-12-15-11-18(26)25-10-6-7-14(3)19(25)23-15/h4-11,13H,12H2,1-3H3,(H2,22,24,28). The number of nitrogens with zero attached hydrogens (tertiary/aromatic N) is 2. The Labute approximate surface area is 167 Å². The lowest BCUT2D eigenvalue weighted by Gasteiger charge is -2.13. The fraction of sp³-hybridized carbons (Fsp3) is 0.238. The van der Waals surface area contributed by atoms with E-state index in [1.807, 2.05) is 26.8 Å². The highest BCUT2D eigenvalue weighted by Crippen LogP contribution is 2.17. The number of benzene rings is 1. The van der Waals surface area contributed by atoms with Crippen LogP contribution >= 0.6 is 0 Å². The molecule has 3 aromatic rings. The molecule has 0 spiro atoms. The minimum atomic E-state index is -0.628. The zero-order valence-electron chi connectivity index (χ0n) is 16.4. The van der Waals surface area contributed by atoms with Crippen molar-refractivity contribution in [3.63, 3.8) is 0 Å². The molecule has 8 nitrogen and oxygen atoms in total. The van der Waals surface area contributed by atoms with E-state index in [0.29, 0.717) is 17.0 Å². The molecule has 2 heterocycles. The van der Waals surface area contributed by atoms with E-state index in [0.717, 1.165) is 5.56 Å². The van der Waals surface area contributed by atoms with Crippen molar-refractivity contribution in [3.8, 4) is 0 Å². The van der Waals surface area contributed by atoms with Gasteiger partial charge in [-0.15, -0.1) is 0 Å². The number of hydrogen-bond donors (Lipinski definition) is 2. The molecule has 0 saturated heterocycles. The Hall–Kier alpha value is -3.68. The highest BCUT2D eigenvalue weighted by molar-refractivity contribution is 6.00. The molecule has 0 bridgehead atoms. The van der Waals surface area contributed by atoms with Crippen LogP contribution in [0.5, 0.6) is 0 Å². The normalized spacial score (nSPS) is 10.8. The van der Waals surface area contributed by atoms with E-state index in [-0.39, 0.29) is 23.8 Å². The smallest absolute Gasteiger partial charge is 0.340 e. The number of nitrogens with one attached hydrogen (secondary N) is 2. The van der Waals surface area contributed by atoms with Crippen molar-refractivity contribution in [1.29, 1.82) is 0 Å². The average molecular weight is 394 g/mol. The quantitative estimate of drug-likeness (QED) is 0.648. The first-order valence-corrected chi connectivity index (χ1v) is 9.16. The minimum absolute atomic E-state index is 0.0456. The third-order valence-electron chi connectivity index (χ3n) is 4.11. The summed E-state index contributed by atoms with van der Waals surface area (Å²) in [4.78, 5) is 41.2. The number of anilines is 1. The van der Waals surface area contributed by atoms with Crippen molar-refractivity contribution in [2.75, 3.05) is 5.32 Å². The maximum Gasteiger partial charge on any atom is 0.340 e. The third-order valence-corrected chi connectivity index (χ3v) is 4.11. The first-order valence-electron chi connectivity index (χ1n) is 9.16. The lowest BCUT2D eigenvalue weighted by atomic mass is 10.2. The number of carbonyl (C=O) groups excluding carboxylic acids is 2. The van der Waals surface area contributed by atoms with E-state index >= 15 is 0 Å². The SMILES string of the molecule is Cc1cccn2c(=O)cc(COC(=O)c3ccccc3NC(=O)NC(C)C)nc12. The Kier molecular flexibility index (Phi) is 5.92. The fourth-order valence-corrected chi connectivity index (χ4v) is 2.79. The lowest BCUT2D eigenvalue weighted by Crippen LogP contribution is -2.34. The Morgan fingerprint density at radius 3 is 2.69 bits per heavy atom. The van der Waals surface area contributed by atoms with E-state index in [1.165, 1.54) is 10.5 Å². The molecule has 0 aliphatic carbocycles. The molecule has 0 aliphatic heterocycles. The number of aromatic nitrogens is 2. The van der Waals surface area contributed by atoms with Gasteiger partial charge in [0.2, 0.25) is 0 Å². The highest BCUT2D eigenvalue weighted by Gasteiger charge is 2.15. The van der Waals surface area contributed by atoms with Crippen LogP contribution in [0.25, 0.3) is 5.65 Å². The zero-order valence-corrected chi connectivity index (χ0v) is 16.4. The second-order valence-electron chi connectivity index (χ2n) is 6.85. The number of pyridine rings is 1. The molecule has 3 rings (SSSR count). The molecule has 2 N–H and O–H groups in total. The van der Waals surface area contributed by atoms with Gasteiger partial charge in [0, 0.05) is 18.3 Å². The van der Waals surface area contributed by atoms with E-state index in [1.54, 1.807) is 36.5 Å². The Bertz CT molecular complexity index is 1120. The summed E-state index contributed by atoms with van der Waals surface area (Å²) in [5.74, 6) is -0.628. The Morgan fingerprint density at radius 1 is 1.17 bits per heavy atom. The highest BCUT2D eigenvalue weighted by atomic mass is 16.5. The number of aryl methyl sites for hydroxylation is 1. The van der Waals surface area contributed by atoms with E-state index < -0.39 is 12.0 Å². The number of hydrogen-bond acceptors (Lipinski definition) is 5. The average Bonchev–Trinajstić information content (AvgIpc) is 2.67. The van der Waals surface area contributed by atoms with Gasteiger partial charge in [-0.25, -0.2) is 14.6 Å². The number of ether oxygens (including phenoxy) is 1. The maximum atomic E-state index is 12.6. The summed E-state index contributed by atoms with van der Waals surface area (Å²) in [7, 11) is 0. The first kappa shape index (κ1) is 20.1. The molecular weight excluding hydrogens is 372 g/mol. The van der Waals surface area contributed by atoms with Gasteiger partial charge in [-0.2, -0.15) is 0 Å². The van der Waals surface area contributed by atoms with E-state index in [2.05, 4.69) is 15.6 Å². The Balaban J connectivity index is 1.77.